The molecule has 1 heterocycles. The Labute approximate surface area is 125 Å². The maximum Gasteiger partial charge on any atom is 0.401 e. The fourth-order valence-corrected chi connectivity index (χ4v) is 2.99. The topological polar surface area (TPSA) is 35.5 Å². The van der Waals surface area contributed by atoms with Crippen LogP contribution in [0.4, 0.5) is 13.2 Å². The van der Waals surface area contributed by atoms with Gasteiger partial charge in [-0.3, -0.25) is 0 Å². The smallest absolute Gasteiger partial charge is 0.393 e. The van der Waals surface area contributed by atoms with Crippen LogP contribution in [0.15, 0.2) is 0 Å². The van der Waals surface area contributed by atoms with Gasteiger partial charge in [0.2, 0.25) is 0 Å². The summed E-state index contributed by atoms with van der Waals surface area (Å²) in [7, 11) is 0. The fraction of sp³-hybridized carbons (Fsp3) is 1.00. The SMILES string of the molecule is CCCN1CC(CC(O)C(C)C)CC(NCC(F)(F)F)C1. The van der Waals surface area contributed by atoms with E-state index in [1.54, 1.807) is 0 Å². The Kier molecular flexibility index (Phi) is 7.44. The van der Waals surface area contributed by atoms with Crippen LogP contribution in [0, 0.1) is 11.8 Å². The third-order valence-corrected chi connectivity index (χ3v) is 4.09. The van der Waals surface area contributed by atoms with Gasteiger partial charge in [0.15, 0.2) is 0 Å². The molecule has 1 saturated heterocycles. The van der Waals surface area contributed by atoms with Gasteiger partial charge >= 0.3 is 6.18 Å². The number of nitrogens with one attached hydrogen (secondary N) is 1. The molecule has 3 nitrogen and oxygen atoms in total. The zero-order valence-corrected chi connectivity index (χ0v) is 13.3. The van der Waals surface area contributed by atoms with Gasteiger partial charge in [-0.25, -0.2) is 0 Å². The summed E-state index contributed by atoms with van der Waals surface area (Å²) in [6.07, 6.45) is -2.17. The van der Waals surface area contributed by atoms with E-state index in [9.17, 15) is 18.3 Å². The summed E-state index contributed by atoms with van der Waals surface area (Å²) in [6.45, 7) is 7.52. The first kappa shape index (κ1) is 18.7. The van der Waals surface area contributed by atoms with E-state index in [0.717, 1.165) is 19.5 Å². The highest BCUT2D eigenvalue weighted by atomic mass is 19.4. The van der Waals surface area contributed by atoms with Crippen molar-refractivity contribution in [2.24, 2.45) is 11.8 Å². The van der Waals surface area contributed by atoms with Crippen LogP contribution < -0.4 is 5.32 Å². The lowest BCUT2D eigenvalue weighted by Gasteiger charge is -2.39. The van der Waals surface area contributed by atoms with Crippen LogP contribution in [0.25, 0.3) is 0 Å². The van der Waals surface area contributed by atoms with Crippen molar-refractivity contribution in [2.75, 3.05) is 26.2 Å². The van der Waals surface area contributed by atoms with E-state index in [1.165, 1.54) is 0 Å². The highest BCUT2D eigenvalue weighted by molar-refractivity contribution is 4.85. The molecular weight excluding hydrogens is 281 g/mol. The zero-order chi connectivity index (χ0) is 16.0. The van der Waals surface area contributed by atoms with Crippen LogP contribution in [0.5, 0.6) is 0 Å². The lowest BCUT2D eigenvalue weighted by molar-refractivity contribution is -0.127. The van der Waals surface area contributed by atoms with E-state index in [2.05, 4.69) is 17.1 Å². The van der Waals surface area contributed by atoms with E-state index in [-0.39, 0.29) is 24.0 Å². The van der Waals surface area contributed by atoms with Crippen LogP contribution in [0.1, 0.15) is 40.0 Å². The molecule has 0 spiro atoms. The molecular formula is C15H29F3N2O. The first-order valence-electron chi connectivity index (χ1n) is 7.91. The zero-order valence-electron chi connectivity index (χ0n) is 13.3. The standard InChI is InChI=1S/C15H29F3N2O/c1-4-5-20-8-12(7-14(21)11(2)3)6-13(9-20)19-10-15(16,17)18/h11-14,19,21H,4-10H2,1-3H3. The number of nitrogens with zero attached hydrogens (tertiary/aromatic N) is 1. The van der Waals surface area contributed by atoms with Gasteiger partial charge in [-0.1, -0.05) is 20.8 Å². The van der Waals surface area contributed by atoms with Crippen molar-refractivity contribution in [1.82, 2.24) is 10.2 Å². The summed E-state index contributed by atoms with van der Waals surface area (Å²) in [6, 6.07) is -0.142. The summed E-state index contributed by atoms with van der Waals surface area (Å²) in [5, 5.41) is 12.7. The molecule has 1 aliphatic heterocycles. The van der Waals surface area contributed by atoms with Crippen LogP contribution >= 0.6 is 0 Å². The number of halogens is 3. The molecule has 0 aromatic carbocycles. The van der Waals surface area contributed by atoms with Crippen molar-refractivity contribution in [3.05, 3.63) is 0 Å². The van der Waals surface area contributed by atoms with Gasteiger partial charge in [-0.2, -0.15) is 13.2 Å². The van der Waals surface area contributed by atoms with Gasteiger partial charge in [-0.15, -0.1) is 0 Å². The number of hydrogen-bond donors (Lipinski definition) is 2. The number of aliphatic hydroxyl groups excluding tert-OH is 1. The molecule has 0 bridgehead atoms. The largest absolute Gasteiger partial charge is 0.401 e. The number of likely N-dealkylation sites (tertiary alicyclic amines) is 1. The molecule has 1 fully saturated rings. The van der Waals surface area contributed by atoms with Gasteiger partial charge in [-0.05, 0) is 37.6 Å². The summed E-state index contributed by atoms with van der Waals surface area (Å²) < 4.78 is 37.1. The third kappa shape index (κ3) is 7.47. The molecule has 0 aromatic rings. The predicted molar refractivity (Wildman–Crippen MR) is 78.1 cm³/mol. The molecule has 1 aliphatic rings. The van der Waals surface area contributed by atoms with Gasteiger partial charge in [0.05, 0.1) is 12.6 Å². The lowest BCUT2D eigenvalue weighted by atomic mass is 9.86. The Hall–Kier alpha value is -0.330. The molecule has 6 heteroatoms. The van der Waals surface area contributed by atoms with Crippen molar-refractivity contribution in [3.63, 3.8) is 0 Å². The maximum absolute atomic E-state index is 12.4. The summed E-state index contributed by atoms with van der Waals surface area (Å²) in [4.78, 5) is 2.22. The average Bonchev–Trinajstić information content (AvgIpc) is 2.35. The van der Waals surface area contributed by atoms with Crippen molar-refractivity contribution < 1.29 is 18.3 Å². The average molecular weight is 310 g/mol. The molecule has 0 aliphatic carbocycles. The minimum Gasteiger partial charge on any atom is -0.393 e. The lowest BCUT2D eigenvalue weighted by Crippen LogP contribution is -2.51. The Bertz CT molecular complexity index is 297. The van der Waals surface area contributed by atoms with Gasteiger partial charge in [0, 0.05) is 19.1 Å². The molecule has 1 rings (SSSR count). The minimum atomic E-state index is -4.17. The molecule has 0 amide bonds. The predicted octanol–water partition coefficient (Wildman–Crippen LogP) is 2.65. The number of rotatable bonds is 7. The van der Waals surface area contributed by atoms with Crippen LogP contribution in [0.3, 0.4) is 0 Å². The van der Waals surface area contributed by atoms with Crippen molar-refractivity contribution >= 4 is 0 Å². The molecule has 0 aromatic heterocycles. The Morgan fingerprint density at radius 3 is 2.48 bits per heavy atom. The number of hydrogen-bond acceptors (Lipinski definition) is 3. The summed E-state index contributed by atoms with van der Waals surface area (Å²) in [5.74, 6) is 0.446. The quantitative estimate of drug-likeness (QED) is 0.759. The monoisotopic (exact) mass is 310 g/mol. The second kappa shape index (κ2) is 8.34. The number of alkyl halides is 3. The van der Waals surface area contributed by atoms with Crippen LogP contribution in [0.2, 0.25) is 0 Å². The first-order chi connectivity index (χ1) is 9.71. The van der Waals surface area contributed by atoms with Crippen LogP contribution in [-0.4, -0.2) is 54.5 Å². The van der Waals surface area contributed by atoms with E-state index in [4.69, 9.17) is 0 Å². The Balaban J connectivity index is 2.55. The molecule has 0 radical (unpaired) electrons. The van der Waals surface area contributed by atoms with Gasteiger partial charge in [0.1, 0.15) is 0 Å². The van der Waals surface area contributed by atoms with Gasteiger partial charge in [0.25, 0.3) is 0 Å². The molecule has 126 valence electrons. The van der Waals surface area contributed by atoms with E-state index >= 15 is 0 Å². The Morgan fingerprint density at radius 1 is 1.29 bits per heavy atom. The van der Waals surface area contributed by atoms with Gasteiger partial charge < -0.3 is 15.3 Å². The summed E-state index contributed by atoms with van der Waals surface area (Å²) in [5.41, 5.74) is 0. The molecule has 3 atom stereocenters. The van der Waals surface area contributed by atoms with Crippen molar-refractivity contribution in [3.8, 4) is 0 Å². The van der Waals surface area contributed by atoms with Crippen LogP contribution in [-0.2, 0) is 0 Å². The molecule has 0 saturated carbocycles. The molecule has 2 N–H and O–H groups in total. The fourth-order valence-electron chi connectivity index (χ4n) is 2.99. The van der Waals surface area contributed by atoms with E-state index in [1.807, 2.05) is 13.8 Å². The van der Waals surface area contributed by atoms with Crippen molar-refractivity contribution in [2.45, 2.75) is 58.4 Å². The first-order valence-corrected chi connectivity index (χ1v) is 7.91. The van der Waals surface area contributed by atoms with E-state index < -0.39 is 12.7 Å². The van der Waals surface area contributed by atoms with E-state index in [0.29, 0.717) is 19.4 Å². The summed E-state index contributed by atoms with van der Waals surface area (Å²) >= 11 is 0. The highest BCUT2D eigenvalue weighted by Crippen LogP contribution is 2.24. The third-order valence-electron chi connectivity index (χ3n) is 4.09. The molecule has 21 heavy (non-hydrogen) atoms. The minimum absolute atomic E-state index is 0.142. The number of piperidine rings is 1. The maximum atomic E-state index is 12.4. The number of aliphatic hydroxyl groups is 1. The second-order valence-electron chi connectivity index (χ2n) is 6.60. The van der Waals surface area contributed by atoms with Crippen molar-refractivity contribution in [1.29, 1.82) is 0 Å². The Morgan fingerprint density at radius 2 is 1.95 bits per heavy atom. The normalized spacial score (nSPS) is 26.3. The highest BCUT2D eigenvalue weighted by Gasteiger charge is 2.32. The molecule has 3 unspecified atom stereocenters. The second-order valence-corrected chi connectivity index (χ2v) is 6.60.